The summed E-state index contributed by atoms with van der Waals surface area (Å²) in [6.07, 6.45) is 17.3. The van der Waals surface area contributed by atoms with Gasteiger partial charge in [0.05, 0.1) is 0 Å². The number of halogens is 1. The molecule has 3 nitrogen and oxygen atoms in total. The molecule has 2 aromatic rings. The lowest BCUT2D eigenvalue weighted by Gasteiger charge is -2.32. The molecule has 1 fully saturated rings. The molecule has 5 heteroatoms. The topological polar surface area (TPSA) is 37.4 Å². The van der Waals surface area contributed by atoms with Crippen molar-refractivity contribution in [3.63, 3.8) is 0 Å². The van der Waals surface area contributed by atoms with E-state index in [0.29, 0.717) is 0 Å². The first-order valence-electron chi connectivity index (χ1n) is 16.1. The maximum absolute atomic E-state index is 8.00. The number of fused-ring (bicyclic) bond motifs is 1. The summed E-state index contributed by atoms with van der Waals surface area (Å²) in [7, 11) is 2.35. The van der Waals surface area contributed by atoms with Crippen LogP contribution in [0.2, 0.25) is 11.3 Å². The predicted octanol–water partition coefficient (Wildman–Crippen LogP) is 9.47. The van der Waals surface area contributed by atoms with Gasteiger partial charge < -0.3 is 14.5 Å². The number of carbonyl (C=O) groups is 2. The number of unbranched alkanes of at least 4 members (excludes halogenated alkanes) is 5. The van der Waals surface area contributed by atoms with Crippen LogP contribution in [0.25, 0.3) is 0 Å². The molecular formula is C36H60BClNO2. The molecular weight excluding hydrogens is 525 g/mol. The van der Waals surface area contributed by atoms with E-state index in [4.69, 9.17) is 21.2 Å². The molecule has 0 saturated carbocycles. The Hall–Kier alpha value is -1.91. The molecule has 1 radical (unpaired) electrons. The minimum atomic E-state index is 0.772. The second-order valence-corrected chi connectivity index (χ2v) is 10.8. The summed E-state index contributed by atoms with van der Waals surface area (Å²) in [6, 6.07) is 16.0. The number of aryl methyl sites for hydroxylation is 2. The van der Waals surface area contributed by atoms with Gasteiger partial charge in [0.15, 0.2) is 7.28 Å². The van der Waals surface area contributed by atoms with Crippen LogP contribution in [0.3, 0.4) is 0 Å². The summed E-state index contributed by atoms with van der Waals surface area (Å²) in [5.74, 6) is 0. The van der Waals surface area contributed by atoms with E-state index in [1.807, 2.05) is 33.5 Å². The predicted molar refractivity (Wildman–Crippen MR) is 184 cm³/mol. The lowest BCUT2D eigenvalue weighted by Crippen LogP contribution is -2.37. The summed E-state index contributed by atoms with van der Waals surface area (Å²) in [5.41, 5.74) is 5.71. The van der Waals surface area contributed by atoms with Gasteiger partial charge in [-0.15, -0.1) is 0 Å². The second-order valence-electron chi connectivity index (χ2n) is 10.4. The van der Waals surface area contributed by atoms with Gasteiger partial charge in [0.1, 0.15) is 13.6 Å². The molecule has 2 aliphatic rings. The molecule has 1 saturated heterocycles. The molecule has 0 spiro atoms. The zero-order valence-corrected chi connectivity index (χ0v) is 28.1. The van der Waals surface area contributed by atoms with Gasteiger partial charge in [-0.2, -0.15) is 0 Å². The molecule has 2 aromatic carbocycles. The van der Waals surface area contributed by atoms with Crippen LogP contribution in [-0.2, 0) is 22.4 Å². The zero-order valence-electron chi connectivity index (χ0n) is 27.4. The monoisotopic (exact) mass is 584 g/mol. The Kier molecular flexibility index (Phi) is 29.7. The van der Waals surface area contributed by atoms with Crippen molar-refractivity contribution in [1.29, 1.82) is 0 Å². The van der Waals surface area contributed by atoms with E-state index in [2.05, 4.69) is 76.3 Å². The van der Waals surface area contributed by atoms with Crippen LogP contribution >= 0.6 is 11.6 Å². The van der Waals surface area contributed by atoms with Crippen LogP contribution in [0.4, 0.5) is 0 Å². The van der Waals surface area contributed by atoms with Crippen LogP contribution in [0.15, 0.2) is 42.5 Å². The summed E-state index contributed by atoms with van der Waals surface area (Å²) in [6.45, 7) is 19.4. The fourth-order valence-electron chi connectivity index (χ4n) is 4.84. The molecule has 1 aliphatic heterocycles. The number of carbonyl (C=O) groups excluding carboxylic acids is 2. The molecule has 0 bridgehead atoms. The van der Waals surface area contributed by atoms with Crippen molar-refractivity contribution in [3.05, 3.63) is 64.2 Å². The first-order valence-corrected chi connectivity index (χ1v) is 16.4. The third kappa shape index (κ3) is 19.8. The molecule has 1 atom stereocenters. The van der Waals surface area contributed by atoms with Gasteiger partial charge in [0.25, 0.3) is 0 Å². The van der Waals surface area contributed by atoms with Crippen LogP contribution in [0.5, 0.6) is 0 Å². The van der Waals surface area contributed by atoms with Gasteiger partial charge in [-0.05, 0) is 75.4 Å². The number of hydrogen-bond donors (Lipinski definition) is 0. The fraction of sp³-hybridized carbons (Fsp3) is 0.611. The van der Waals surface area contributed by atoms with Crippen molar-refractivity contribution in [3.8, 4) is 0 Å². The van der Waals surface area contributed by atoms with Crippen molar-refractivity contribution in [1.82, 2.24) is 4.90 Å². The summed E-state index contributed by atoms with van der Waals surface area (Å²) in [5, 5.41) is 0.890. The van der Waals surface area contributed by atoms with E-state index in [1.54, 1.807) is 0 Å². The first-order chi connectivity index (χ1) is 20.1. The summed E-state index contributed by atoms with van der Waals surface area (Å²) in [4.78, 5) is 18.7. The van der Waals surface area contributed by atoms with Gasteiger partial charge in [-0.3, -0.25) is 0 Å². The van der Waals surface area contributed by atoms with Crippen LogP contribution in [0, 0.1) is 6.92 Å². The maximum atomic E-state index is 8.00. The summed E-state index contributed by atoms with van der Waals surface area (Å²) >= 11 is 6.07. The number of rotatable bonds is 9. The van der Waals surface area contributed by atoms with Crippen LogP contribution in [0.1, 0.15) is 116 Å². The second kappa shape index (κ2) is 29.6. The SMILES string of the molecule is C=O.C=O.CC.CCCC.CCCCCCC[B]c1ccc(C)cc1.Clc1ccc2c(c1)CC(N1CCCC1)CC2. The fourth-order valence-corrected chi connectivity index (χ4v) is 5.04. The Morgan fingerprint density at radius 3 is 1.95 bits per heavy atom. The minimum Gasteiger partial charge on any atom is -0.307 e. The Labute approximate surface area is 260 Å². The average molecular weight is 585 g/mol. The molecule has 0 aromatic heterocycles. The molecule has 1 heterocycles. The average Bonchev–Trinajstić information content (AvgIpc) is 3.58. The molecule has 1 aliphatic carbocycles. The highest BCUT2D eigenvalue weighted by Crippen LogP contribution is 2.28. The Morgan fingerprint density at radius 1 is 0.805 bits per heavy atom. The highest BCUT2D eigenvalue weighted by molar-refractivity contribution is 6.53. The zero-order chi connectivity index (χ0) is 31.3. The normalized spacial score (nSPS) is 14.9. The smallest absolute Gasteiger partial charge is 0.151 e. The highest BCUT2D eigenvalue weighted by atomic mass is 35.5. The van der Waals surface area contributed by atoms with Crippen LogP contribution < -0.4 is 5.46 Å². The molecule has 0 N–H and O–H groups in total. The maximum Gasteiger partial charge on any atom is 0.151 e. The number of hydrogen-bond acceptors (Lipinski definition) is 3. The highest BCUT2D eigenvalue weighted by Gasteiger charge is 2.26. The first kappa shape index (κ1) is 41.2. The number of nitrogens with zero attached hydrogens (tertiary/aromatic N) is 1. The molecule has 0 amide bonds. The molecule has 1 unspecified atom stereocenters. The largest absolute Gasteiger partial charge is 0.307 e. The van der Waals surface area contributed by atoms with E-state index < -0.39 is 0 Å². The lowest BCUT2D eigenvalue weighted by atomic mass is 9.66. The van der Waals surface area contributed by atoms with Crippen molar-refractivity contribution in [2.45, 2.75) is 131 Å². The molecule has 41 heavy (non-hydrogen) atoms. The van der Waals surface area contributed by atoms with Crippen molar-refractivity contribution < 1.29 is 9.59 Å². The lowest BCUT2D eigenvalue weighted by molar-refractivity contribution is -0.0987. The van der Waals surface area contributed by atoms with Gasteiger partial charge >= 0.3 is 0 Å². The van der Waals surface area contributed by atoms with Gasteiger partial charge in [0.2, 0.25) is 0 Å². The van der Waals surface area contributed by atoms with E-state index >= 15 is 0 Å². The van der Waals surface area contributed by atoms with E-state index in [9.17, 15) is 0 Å². The molecule has 4 rings (SSSR count). The number of benzene rings is 2. The number of likely N-dealkylation sites (tertiary alicyclic amines) is 1. The van der Waals surface area contributed by atoms with Crippen molar-refractivity contribution in [2.75, 3.05) is 13.1 Å². The van der Waals surface area contributed by atoms with Crippen molar-refractivity contribution >= 4 is 37.9 Å². The third-order valence-electron chi connectivity index (χ3n) is 7.29. The van der Waals surface area contributed by atoms with E-state index in [-0.39, 0.29) is 0 Å². The standard InChI is InChI=1S/C14H22B.C14H18ClN.C4H10.C2H6.2CH2O/c1-3-4-5-6-7-12-15-14-10-8-13(2)9-11-14;15-13-5-3-11-4-6-14(10-12(11)9-13)16-7-1-2-8-16;1-3-4-2;3*1-2/h8-11H,3-7,12H2,1-2H3;3,5,9,14H,1-2,4,6-8,10H2;3-4H2,1-2H3;1-2H3;2*1H2. The van der Waals surface area contributed by atoms with Crippen LogP contribution in [-0.4, -0.2) is 44.9 Å². The Morgan fingerprint density at radius 2 is 1.39 bits per heavy atom. The van der Waals surface area contributed by atoms with Gasteiger partial charge in [-0.1, -0.05) is 139 Å². The van der Waals surface area contributed by atoms with E-state index in [1.165, 1.54) is 119 Å². The third-order valence-corrected chi connectivity index (χ3v) is 7.53. The quantitative estimate of drug-likeness (QED) is 0.217. The molecule has 231 valence electrons. The minimum absolute atomic E-state index is 0.772. The van der Waals surface area contributed by atoms with Gasteiger partial charge in [-0.25, -0.2) is 0 Å². The van der Waals surface area contributed by atoms with E-state index in [0.717, 1.165) is 11.1 Å². The van der Waals surface area contributed by atoms with Gasteiger partial charge in [0, 0.05) is 11.1 Å². The van der Waals surface area contributed by atoms with Crippen molar-refractivity contribution in [2.24, 2.45) is 0 Å². The summed E-state index contributed by atoms with van der Waals surface area (Å²) < 4.78 is 0. The Bertz CT molecular complexity index is 836. The Balaban J connectivity index is 0.